The molecule has 0 spiro atoms. The van der Waals surface area contributed by atoms with Gasteiger partial charge in [0.05, 0.1) is 18.4 Å². The Bertz CT molecular complexity index is 2040. The van der Waals surface area contributed by atoms with Crippen molar-refractivity contribution in [1.82, 2.24) is 25.2 Å². The number of halogens is 2. The van der Waals surface area contributed by atoms with E-state index >= 15 is 0 Å². The van der Waals surface area contributed by atoms with E-state index in [0.29, 0.717) is 63.2 Å². The molecule has 3 fully saturated rings. The van der Waals surface area contributed by atoms with Gasteiger partial charge >= 0.3 is 6.09 Å². The maximum atomic E-state index is 14.9. The molecule has 4 amide bonds. The molecular weight excluding hydrogens is 777 g/mol. The Morgan fingerprint density at radius 3 is 2.50 bits per heavy atom. The Labute approximate surface area is 338 Å². The minimum atomic E-state index is -3.96. The number of carbonyl (C=O) groups excluding carboxylic acids is 4. The van der Waals surface area contributed by atoms with Crippen LogP contribution in [-0.4, -0.2) is 95.8 Å². The fourth-order valence-electron chi connectivity index (χ4n) is 7.83. The average molecular weight is 832 g/mol. The summed E-state index contributed by atoms with van der Waals surface area (Å²) in [6.07, 6.45) is 6.39. The van der Waals surface area contributed by atoms with Crippen LogP contribution in [0.1, 0.15) is 92.9 Å². The topological polar surface area (TPSA) is 182 Å². The summed E-state index contributed by atoms with van der Waals surface area (Å²) in [7, 11) is -3.96. The Balaban J connectivity index is 1.36. The number of hydrogen-bond acceptors (Lipinski definition) is 10. The number of aromatic nitrogens is 1. The maximum Gasteiger partial charge on any atom is 0.408 e. The molecule has 14 nitrogen and oxygen atoms in total. The lowest BCUT2D eigenvalue weighted by Gasteiger charge is -2.35. The van der Waals surface area contributed by atoms with Gasteiger partial charge in [0.2, 0.25) is 27.7 Å². The Kier molecular flexibility index (Phi) is 12.3. The summed E-state index contributed by atoms with van der Waals surface area (Å²) in [6.45, 7) is 8.87. The summed E-state index contributed by atoms with van der Waals surface area (Å²) in [6, 6.07) is 4.68. The second-order valence-corrected chi connectivity index (χ2v) is 18.7. The van der Waals surface area contributed by atoms with Crippen LogP contribution >= 0.6 is 0 Å². The molecule has 2 saturated carbocycles. The molecule has 2 aromatic rings. The van der Waals surface area contributed by atoms with E-state index in [1.807, 2.05) is 39.0 Å². The van der Waals surface area contributed by atoms with E-state index in [4.69, 9.17) is 14.2 Å². The maximum absolute atomic E-state index is 14.9. The van der Waals surface area contributed by atoms with Gasteiger partial charge in [0.1, 0.15) is 29.5 Å². The Hall–Kier alpha value is -4.54. The van der Waals surface area contributed by atoms with Gasteiger partial charge < -0.3 is 29.7 Å². The number of sulfonamides is 1. The number of fused-ring (bicyclic) bond motifs is 3. The molecule has 0 bridgehead atoms. The first-order valence-corrected chi connectivity index (χ1v) is 21.7. The molecule has 7 atom stereocenters. The number of alkyl carbamates (subject to hydrolysis) is 1. The third-order valence-electron chi connectivity index (χ3n) is 11.9. The summed E-state index contributed by atoms with van der Waals surface area (Å²) in [4.78, 5) is 62.4. The van der Waals surface area contributed by atoms with Crippen molar-refractivity contribution < 1.29 is 50.6 Å². The number of allylic oxidation sites excluding steroid dienone is 1. The SMILES string of the molecule is CCOc1ccc2c(O[C@@H]3C[C@H]4C(=O)N[C@]5(C(=O)NS(=O)(=O)C6CC6)CC5/C=C\CC[C@H](C)C[C@@H](CC)[C@H](NC(=O)OC(C)(C)C(C)(F)F)C(=O)N4C3)nccc2c1. The molecule has 2 aliphatic heterocycles. The highest BCUT2D eigenvalue weighted by atomic mass is 32.2. The molecule has 318 valence electrons. The number of hydrogen-bond donors (Lipinski definition) is 3. The van der Waals surface area contributed by atoms with Crippen LogP contribution in [0, 0.1) is 17.8 Å². The standard InChI is InChI=1S/C41H55F2N5O9S/c1-7-25-19-24(3)11-9-10-12-27-22-41(27,37(51)47-58(53,54)30-14-15-30)46-34(49)32-21-29(56-35-31-16-13-28(55-8-2)20-26(31)17-18-44-35)23-48(32)36(50)33(25)45-38(52)57-39(4,5)40(6,42)43/h10,12-13,16-18,20,24-25,27,29-30,32-33H,7-9,11,14-15,19,21-23H2,1-6H3,(H,45,52)(H,46,49)(H,47,51)/b12-10-/t24-,25+,27?,29+,32-,33-,41+/m0/s1. The highest BCUT2D eigenvalue weighted by molar-refractivity contribution is 7.91. The van der Waals surface area contributed by atoms with Crippen LogP contribution < -0.4 is 24.8 Å². The van der Waals surface area contributed by atoms with Gasteiger partial charge in [0.25, 0.3) is 11.8 Å². The van der Waals surface area contributed by atoms with Crippen molar-refractivity contribution in [2.75, 3.05) is 13.2 Å². The zero-order valence-electron chi connectivity index (χ0n) is 33.9. The van der Waals surface area contributed by atoms with E-state index in [0.717, 1.165) is 19.2 Å². The molecule has 0 radical (unpaired) electrons. The molecule has 1 aromatic heterocycles. The van der Waals surface area contributed by atoms with Crippen LogP contribution in [0.5, 0.6) is 11.6 Å². The second kappa shape index (κ2) is 16.6. The molecule has 17 heteroatoms. The summed E-state index contributed by atoms with van der Waals surface area (Å²) in [5, 5.41) is 6.20. The molecule has 1 unspecified atom stereocenters. The molecule has 6 rings (SSSR count). The number of nitrogens with zero attached hydrogens (tertiary/aromatic N) is 2. The number of carbonyl (C=O) groups is 4. The van der Waals surface area contributed by atoms with Gasteiger partial charge in [0.15, 0.2) is 5.60 Å². The van der Waals surface area contributed by atoms with E-state index in [1.54, 1.807) is 24.4 Å². The number of amides is 4. The van der Waals surface area contributed by atoms with Crippen LogP contribution in [-0.2, 0) is 29.1 Å². The van der Waals surface area contributed by atoms with Crippen LogP contribution in [0.15, 0.2) is 42.6 Å². The van der Waals surface area contributed by atoms with Crippen molar-refractivity contribution in [2.24, 2.45) is 17.8 Å². The lowest BCUT2D eigenvalue weighted by Crippen LogP contribution is -2.59. The molecule has 4 aliphatic rings. The van der Waals surface area contributed by atoms with Crippen molar-refractivity contribution in [1.29, 1.82) is 0 Å². The van der Waals surface area contributed by atoms with Crippen molar-refractivity contribution in [3.05, 3.63) is 42.6 Å². The van der Waals surface area contributed by atoms with Crippen molar-refractivity contribution in [3.63, 3.8) is 0 Å². The van der Waals surface area contributed by atoms with Crippen molar-refractivity contribution in [2.45, 2.75) is 133 Å². The van der Waals surface area contributed by atoms with E-state index in [2.05, 4.69) is 20.3 Å². The summed E-state index contributed by atoms with van der Waals surface area (Å²) >= 11 is 0. The van der Waals surface area contributed by atoms with Crippen LogP contribution in [0.4, 0.5) is 13.6 Å². The number of benzene rings is 1. The number of rotatable bonds is 11. The normalized spacial score (nSPS) is 28.9. The zero-order valence-corrected chi connectivity index (χ0v) is 34.7. The summed E-state index contributed by atoms with van der Waals surface area (Å²) in [5.41, 5.74) is -3.80. The van der Waals surface area contributed by atoms with Crippen molar-refractivity contribution >= 4 is 44.6 Å². The smallest absolute Gasteiger partial charge is 0.408 e. The summed E-state index contributed by atoms with van der Waals surface area (Å²) in [5.74, 6) is -5.70. The molecule has 3 N–H and O–H groups in total. The predicted octanol–water partition coefficient (Wildman–Crippen LogP) is 5.40. The molecule has 1 aromatic carbocycles. The third kappa shape index (κ3) is 9.34. The highest BCUT2D eigenvalue weighted by Crippen LogP contribution is 2.46. The number of ether oxygens (including phenoxy) is 3. The molecular formula is C41H55F2N5O9S. The minimum absolute atomic E-state index is 0.0334. The third-order valence-corrected chi connectivity index (χ3v) is 13.8. The van der Waals surface area contributed by atoms with Crippen molar-refractivity contribution in [3.8, 4) is 11.6 Å². The highest BCUT2D eigenvalue weighted by Gasteiger charge is 2.62. The monoisotopic (exact) mass is 831 g/mol. The number of pyridine rings is 1. The Morgan fingerprint density at radius 2 is 1.83 bits per heavy atom. The van der Waals surface area contributed by atoms with E-state index in [9.17, 15) is 36.4 Å². The Morgan fingerprint density at radius 1 is 1.09 bits per heavy atom. The lowest BCUT2D eigenvalue weighted by atomic mass is 9.85. The van der Waals surface area contributed by atoms with Crippen LogP contribution in [0.2, 0.25) is 0 Å². The zero-order chi connectivity index (χ0) is 42.2. The molecule has 58 heavy (non-hydrogen) atoms. The van der Waals surface area contributed by atoms with E-state index in [-0.39, 0.29) is 31.2 Å². The van der Waals surface area contributed by atoms with Gasteiger partial charge in [-0.2, -0.15) is 0 Å². The first-order chi connectivity index (χ1) is 27.3. The average Bonchev–Trinajstić information content (AvgIpc) is 4.07. The van der Waals surface area contributed by atoms with Gasteiger partial charge in [-0.05, 0) is 101 Å². The number of alkyl halides is 2. The van der Waals surface area contributed by atoms with E-state index in [1.165, 1.54) is 4.90 Å². The quantitative estimate of drug-likeness (QED) is 0.248. The van der Waals surface area contributed by atoms with E-state index < -0.39 is 86.2 Å². The van der Waals surface area contributed by atoms with Crippen LogP contribution in [0.3, 0.4) is 0 Å². The largest absolute Gasteiger partial charge is 0.494 e. The van der Waals surface area contributed by atoms with Gasteiger partial charge in [-0.15, -0.1) is 0 Å². The van der Waals surface area contributed by atoms with Gasteiger partial charge in [-0.1, -0.05) is 32.4 Å². The first-order valence-electron chi connectivity index (χ1n) is 20.2. The van der Waals surface area contributed by atoms with Gasteiger partial charge in [-0.3, -0.25) is 19.1 Å². The minimum Gasteiger partial charge on any atom is -0.494 e. The molecule has 3 heterocycles. The molecule has 1 saturated heterocycles. The molecule has 2 aliphatic carbocycles. The summed E-state index contributed by atoms with van der Waals surface area (Å²) < 4.78 is 74.2. The second-order valence-electron chi connectivity index (χ2n) is 16.8. The van der Waals surface area contributed by atoms with Gasteiger partial charge in [0, 0.05) is 30.8 Å². The lowest BCUT2D eigenvalue weighted by molar-refractivity contribution is -0.152. The number of nitrogens with one attached hydrogen (secondary N) is 3. The van der Waals surface area contributed by atoms with Crippen LogP contribution in [0.25, 0.3) is 10.8 Å². The predicted molar refractivity (Wildman–Crippen MR) is 211 cm³/mol. The fraction of sp³-hybridized carbons (Fsp3) is 0.634. The van der Waals surface area contributed by atoms with Gasteiger partial charge in [-0.25, -0.2) is 27.0 Å². The first kappa shape index (κ1) is 43.0. The fourth-order valence-corrected chi connectivity index (χ4v) is 9.19.